The molecule has 21 heavy (non-hydrogen) atoms. The molecule has 8 heteroatoms. The number of ether oxygens (including phenoxy) is 1. The molecule has 2 unspecified atom stereocenters. The summed E-state index contributed by atoms with van der Waals surface area (Å²) in [5.74, 6) is -1.05. The van der Waals surface area contributed by atoms with Gasteiger partial charge in [-0.15, -0.1) is 0 Å². The lowest BCUT2D eigenvalue weighted by Crippen LogP contribution is -2.32. The fourth-order valence-corrected chi connectivity index (χ4v) is 2.63. The van der Waals surface area contributed by atoms with Crippen LogP contribution < -0.4 is 0 Å². The second-order valence-corrected chi connectivity index (χ2v) is 4.99. The predicted molar refractivity (Wildman–Crippen MR) is 66.7 cm³/mol. The van der Waals surface area contributed by atoms with Crippen LogP contribution in [0, 0.1) is 0 Å². The monoisotopic (exact) mass is 306 g/mol. The van der Waals surface area contributed by atoms with Gasteiger partial charge in [-0.3, -0.25) is 4.68 Å². The van der Waals surface area contributed by atoms with Gasteiger partial charge in [0, 0.05) is 0 Å². The van der Waals surface area contributed by atoms with Crippen molar-refractivity contribution in [2.24, 2.45) is 0 Å². The van der Waals surface area contributed by atoms with Crippen molar-refractivity contribution in [1.29, 1.82) is 0 Å². The SMILES string of the molecule is CCOC(=O)c1cnn(C2CCCCC2O)c1C(F)(F)F. The van der Waals surface area contributed by atoms with Crippen LogP contribution in [0.5, 0.6) is 0 Å². The molecular formula is C13H17F3N2O3. The van der Waals surface area contributed by atoms with Gasteiger partial charge < -0.3 is 9.84 Å². The van der Waals surface area contributed by atoms with Crippen molar-refractivity contribution in [3.63, 3.8) is 0 Å². The Morgan fingerprint density at radius 2 is 2.14 bits per heavy atom. The molecule has 1 aliphatic rings. The van der Waals surface area contributed by atoms with E-state index in [2.05, 4.69) is 9.84 Å². The first-order valence-electron chi connectivity index (χ1n) is 6.86. The second kappa shape index (κ2) is 6.05. The zero-order valence-corrected chi connectivity index (χ0v) is 11.6. The molecule has 1 fully saturated rings. The summed E-state index contributed by atoms with van der Waals surface area (Å²) in [4.78, 5) is 11.7. The van der Waals surface area contributed by atoms with Gasteiger partial charge in [0.05, 0.1) is 24.9 Å². The fraction of sp³-hybridized carbons (Fsp3) is 0.692. The molecule has 0 amide bonds. The number of nitrogens with zero attached hydrogens (tertiary/aromatic N) is 2. The van der Waals surface area contributed by atoms with Crippen molar-refractivity contribution in [2.75, 3.05) is 6.61 Å². The highest BCUT2D eigenvalue weighted by molar-refractivity contribution is 5.90. The van der Waals surface area contributed by atoms with E-state index in [0.29, 0.717) is 19.3 Å². The smallest absolute Gasteiger partial charge is 0.433 e. The van der Waals surface area contributed by atoms with Crippen LogP contribution in [-0.2, 0) is 10.9 Å². The number of hydrogen-bond acceptors (Lipinski definition) is 4. The first-order valence-corrected chi connectivity index (χ1v) is 6.86. The fourth-order valence-electron chi connectivity index (χ4n) is 2.63. The van der Waals surface area contributed by atoms with Crippen molar-refractivity contribution in [1.82, 2.24) is 9.78 Å². The van der Waals surface area contributed by atoms with Gasteiger partial charge in [-0.05, 0) is 19.8 Å². The van der Waals surface area contributed by atoms with Gasteiger partial charge in [0.15, 0.2) is 5.69 Å². The molecule has 1 saturated carbocycles. The molecule has 1 aromatic heterocycles. The number of aliphatic hydroxyl groups is 1. The van der Waals surface area contributed by atoms with Gasteiger partial charge in [-0.1, -0.05) is 12.8 Å². The summed E-state index contributed by atoms with van der Waals surface area (Å²) in [6.45, 7) is 1.49. The summed E-state index contributed by atoms with van der Waals surface area (Å²) in [6.07, 6.45) is -2.46. The Bertz CT molecular complexity index is 513. The van der Waals surface area contributed by atoms with E-state index in [-0.39, 0.29) is 6.61 Å². The summed E-state index contributed by atoms with van der Waals surface area (Å²) >= 11 is 0. The third-order valence-electron chi connectivity index (χ3n) is 3.57. The molecule has 0 spiro atoms. The Kier molecular flexibility index (Phi) is 4.55. The van der Waals surface area contributed by atoms with Crippen LogP contribution in [-0.4, -0.2) is 33.6 Å². The minimum absolute atomic E-state index is 0.0205. The number of aromatic nitrogens is 2. The Balaban J connectivity index is 2.44. The average molecular weight is 306 g/mol. The molecule has 1 aromatic rings. The Labute approximate surface area is 119 Å². The van der Waals surface area contributed by atoms with E-state index < -0.39 is 35.5 Å². The molecule has 1 aliphatic carbocycles. The van der Waals surface area contributed by atoms with Gasteiger partial charge in [-0.2, -0.15) is 18.3 Å². The molecule has 0 bridgehead atoms. The average Bonchev–Trinajstić information content (AvgIpc) is 2.84. The summed E-state index contributed by atoms with van der Waals surface area (Å²) in [5.41, 5.74) is -1.76. The van der Waals surface area contributed by atoms with E-state index >= 15 is 0 Å². The van der Waals surface area contributed by atoms with Gasteiger partial charge in [0.25, 0.3) is 0 Å². The zero-order valence-electron chi connectivity index (χ0n) is 11.6. The highest BCUT2D eigenvalue weighted by atomic mass is 19.4. The number of hydrogen-bond donors (Lipinski definition) is 1. The summed E-state index contributed by atoms with van der Waals surface area (Å²) in [5, 5.41) is 13.6. The molecule has 0 radical (unpaired) electrons. The lowest BCUT2D eigenvalue weighted by Gasteiger charge is -2.29. The third-order valence-corrected chi connectivity index (χ3v) is 3.57. The molecule has 1 heterocycles. The topological polar surface area (TPSA) is 64.3 Å². The molecule has 0 aliphatic heterocycles. The highest BCUT2D eigenvalue weighted by Gasteiger charge is 2.43. The van der Waals surface area contributed by atoms with Crippen LogP contribution >= 0.6 is 0 Å². The van der Waals surface area contributed by atoms with Crippen molar-refractivity contribution < 1.29 is 27.8 Å². The molecule has 2 rings (SSSR count). The minimum Gasteiger partial charge on any atom is -0.462 e. The molecule has 0 aromatic carbocycles. The number of aliphatic hydroxyl groups excluding tert-OH is 1. The summed E-state index contributed by atoms with van der Waals surface area (Å²) in [7, 11) is 0. The maximum Gasteiger partial charge on any atom is 0.433 e. The lowest BCUT2D eigenvalue weighted by atomic mass is 9.92. The Morgan fingerprint density at radius 3 is 2.71 bits per heavy atom. The van der Waals surface area contributed by atoms with E-state index in [0.717, 1.165) is 17.3 Å². The molecule has 118 valence electrons. The van der Waals surface area contributed by atoms with Crippen LogP contribution in [0.4, 0.5) is 13.2 Å². The normalized spacial score (nSPS) is 23.1. The molecular weight excluding hydrogens is 289 g/mol. The van der Waals surface area contributed by atoms with Crippen LogP contribution in [0.15, 0.2) is 6.20 Å². The first-order chi connectivity index (χ1) is 9.86. The number of rotatable bonds is 3. The van der Waals surface area contributed by atoms with Crippen LogP contribution in [0.25, 0.3) is 0 Å². The zero-order chi connectivity index (χ0) is 15.6. The Hall–Kier alpha value is -1.57. The maximum atomic E-state index is 13.3. The van der Waals surface area contributed by atoms with Crippen molar-refractivity contribution in [3.05, 3.63) is 17.5 Å². The van der Waals surface area contributed by atoms with Crippen LogP contribution in [0.1, 0.15) is 54.7 Å². The largest absolute Gasteiger partial charge is 0.462 e. The van der Waals surface area contributed by atoms with E-state index in [1.807, 2.05) is 0 Å². The van der Waals surface area contributed by atoms with Gasteiger partial charge >= 0.3 is 12.1 Å². The lowest BCUT2D eigenvalue weighted by molar-refractivity contribution is -0.146. The molecule has 5 nitrogen and oxygen atoms in total. The van der Waals surface area contributed by atoms with E-state index in [1.165, 1.54) is 6.92 Å². The summed E-state index contributed by atoms with van der Waals surface area (Å²) in [6, 6.07) is -0.765. The number of esters is 1. The van der Waals surface area contributed by atoms with Crippen molar-refractivity contribution in [2.45, 2.75) is 50.9 Å². The van der Waals surface area contributed by atoms with Gasteiger partial charge in [0.2, 0.25) is 0 Å². The number of halogens is 3. The maximum absolute atomic E-state index is 13.3. The van der Waals surface area contributed by atoms with Gasteiger partial charge in [-0.25, -0.2) is 4.79 Å². The molecule has 0 saturated heterocycles. The number of carbonyl (C=O) groups excluding carboxylic acids is 1. The second-order valence-electron chi connectivity index (χ2n) is 4.99. The molecule has 1 N–H and O–H groups in total. The third kappa shape index (κ3) is 3.20. The molecule has 2 atom stereocenters. The minimum atomic E-state index is -4.74. The van der Waals surface area contributed by atoms with Crippen molar-refractivity contribution in [3.8, 4) is 0 Å². The predicted octanol–water partition coefficient (Wildman–Crippen LogP) is 2.55. The van der Waals surface area contributed by atoms with E-state index in [9.17, 15) is 23.1 Å². The number of alkyl halides is 3. The highest BCUT2D eigenvalue weighted by Crippen LogP contribution is 2.37. The summed E-state index contributed by atoms with van der Waals surface area (Å²) < 4.78 is 45.2. The van der Waals surface area contributed by atoms with E-state index in [4.69, 9.17) is 0 Å². The van der Waals surface area contributed by atoms with Crippen molar-refractivity contribution >= 4 is 5.97 Å². The number of carbonyl (C=O) groups is 1. The van der Waals surface area contributed by atoms with Crippen LogP contribution in [0.2, 0.25) is 0 Å². The Morgan fingerprint density at radius 1 is 1.48 bits per heavy atom. The van der Waals surface area contributed by atoms with E-state index in [1.54, 1.807) is 0 Å². The first kappa shape index (κ1) is 15.8. The standard InChI is InChI=1S/C13H17F3N2O3/c1-2-21-12(20)8-7-17-18(11(8)13(14,15)16)9-5-3-4-6-10(9)19/h7,9-10,19H,2-6H2,1H3. The van der Waals surface area contributed by atoms with Gasteiger partial charge in [0.1, 0.15) is 5.56 Å². The quantitative estimate of drug-likeness (QED) is 0.872. The van der Waals surface area contributed by atoms with Crippen LogP contribution in [0.3, 0.4) is 0 Å².